The molecule has 3 heterocycles. The lowest BCUT2D eigenvalue weighted by molar-refractivity contribution is -0.134. The van der Waals surface area contributed by atoms with Gasteiger partial charge in [-0.25, -0.2) is 22.8 Å². The highest BCUT2D eigenvalue weighted by atomic mass is 32.2. The summed E-state index contributed by atoms with van der Waals surface area (Å²) in [5.74, 6) is -0.126. The van der Waals surface area contributed by atoms with Gasteiger partial charge in [-0.15, -0.1) is 0 Å². The maximum Gasteiger partial charge on any atom is 0.263 e. The smallest absolute Gasteiger partial charge is 0.263 e. The number of piperazine rings is 1. The zero-order valence-corrected chi connectivity index (χ0v) is 20.4. The number of benzene rings is 2. The van der Waals surface area contributed by atoms with Gasteiger partial charge >= 0.3 is 0 Å². The summed E-state index contributed by atoms with van der Waals surface area (Å²) in [6, 6.07) is 14.2. The fourth-order valence-corrected chi connectivity index (χ4v) is 5.45. The number of carbonyl (C=O) groups is 1. The number of nitrogens with one attached hydrogen (secondary N) is 1. The summed E-state index contributed by atoms with van der Waals surface area (Å²) in [6.07, 6.45) is 4.48. The van der Waals surface area contributed by atoms with Crippen molar-refractivity contribution in [2.24, 2.45) is 0 Å². The monoisotopic (exact) mass is 512 g/mol. The second kappa shape index (κ2) is 9.57. The molecule has 2 aromatic heterocycles. The normalized spacial score (nSPS) is 15.2. The molecule has 190 valence electrons. The number of sulfonamides is 1. The Kier molecular flexibility index (Phi) is 6.31. The number of carbonyl (C=O) groups excluding carboxylic acids is 1. The zero-order chi connectivity index (χ0) is 25.3. The first-order valence-corrected chi connectivity index (χ1v) is 13.0. The summed E-state index contributed by atoms with van der Waals surface area (Å²) in [6.45, 7) is 4.13. The molecule has 1 N–H and O–H groups in total. The van der Waals surface area contributed by atoms with Crippen molar-refractivity contribution in [1.29, 1.82) is 0 Å². The van der Waals surface area contributed by atoms with Crippen LogP contribution >= 0.6 is 0 Å². The summed E-state index contributed by atoms with van der Waals surface area (Å²) in [5, 5.41) is 0.500. The second-order valence-electron chi connectivity index (χ2n) is 8.58. The maximum atomic E-state index is 14.1. The fourth-order valence-electron chi connectivity index (χ4n) is 4.44. The van der Waals surface area contributed by atoms with Crippen LogP contribution in [0.2, 0.25) is 0 Å². The zero-order valence-electron chi connectivity index (χ0n) is 19.6. The summed E-state index contributed by atoms with van der Waals surface area (Å²) >= 11 is 0. The van der Waals surface area contributed by atoms with E-state index >= 15 is 0 Å². The van der Waals surface area contributed by atoms with E-state index in [-0.39, 0.29) is 25.3 Å². The van der Waals surface area contributed by atoms with E-state index in [1.165, 1.54) is 24.7 Å². The first-order valence-electron chi connectivity index (χ1n) is 11.5. The number of halogens is 1. The van der Waals surface area contributed by atoms with E-state index in [0.29, 0.717) is 37.1 Å². The van der Waals surface area contributed by atoms with Gasteiger partial charge in [-0.2, -0.15) is 0 Å². The average molecular weight is 513 g/mol. The third kappa shape index (κ3) is 4.61. The summed E-state index contributed by atoms with van der Waals surface area (Å²) in [4.78, 5) is 24.9. The lowest BCUT2D eigenvalue weighted by Crippen LogP contribution is -2.50. The van der Waals surface area contributed by atoms with Gasteiger partial charge in [0.05, 0.1) is 10.4 Å². The number of hydrogen-bond donors (Lipinski definition) is 1. The van der Waals surface area contributed by atoms with Crippen molar-refractivity contribution < 1.29 is 20.5 Å². The molecule has 36 heavy (non-hydrogen) atoms. The Labute approximate surface area is 211 Å². The van der Waals surface area contributed by atoms with Gasteiger partial charge in [0.15, 0.2) is 0 Å². The number of aromatic nitrogens is 3. The van der Waals surface area contributed by atoms with Gasteiger partial charge in [-0.05, 0) is 55.5 Å². The van der Waals surface area contributed by atoms with Crippen molar-refractivity contribution in [2.45, 2.75) is 17.9 Å². The largest absolute Gasteiger partial charge is 0.368 e. The third-order valence-corrected chi connectivity index (χ3v) is 7.78. The van der Waals surface area contributed by atoms with Crippen molar-refractivity contribution in [3.05, 3.63) is 79.1 Å². The average Bonchev–Trinajstić information content (AvgIpc) is 3.34. The SMILES string of the molecule is C[C@H](C(=O)N1CCN(c2ccc(S(=O)(=O)Nc3ccncn3)cc2)CC1)n1ccc2c(F)cccc21.[HH].[HH]. The van der Waals surface area contributed by atoms with E-state index in [1.54, 1.807) is 42.6 Å². The van der Waals surface area contributed by atoms with Crippen molar-refractivity contribution in [3.8, 4) is 0 Å². The molecule has 0 spiro atoms. The molecule has 1 fully saturated rings. The highest BCUT2D eigenvalue weighted by molar-refractivity contribution is 7.92. The van der Waals surface area contributed by atoms with Crippen LogP contribution in [0.1, 0.15) is 15.8 Å². The van der Waals surface area contributed by atoms with Gasteiger partial charge in [0.25, 0.3) is 10.0 Å². The van der Waals surface area contributed by atoms with Gasteiger partial charge in [-0.1, -0.05) is 6.07 Å². The van der Waals surface area contributed by atoms with Gasteiger partial charge in [0.2, 0.25) is 5.91 Å². The molecule has 0 bridgehead atoms. The first kappa shape index (κ1) is 23.7. The first-order chi connectivity index (χ1) is 17.3. The number of hydrogen-bond acceptors (Lipinski definition) is 6. The van der Waals surface area contributed by atoms with E-state index < -0.39 is 16.1 Å². The number of rotatable bonds is 6. The third-order valence-electron chi connectivity index (χ3n) is 6.41. The molecular weight excluding hydrogens is 483 g/mol. The second-order valence-corrected chi connectivity index (χ2v) is 10.3. The van der Waals surface area contributed by atoms with Crippen molar-refractivity contribution in [1.82, 2.24) is 19.4 Å². The lowest BCUT2D eigenvalue weighted by Gasteiger charge is -2.37. The van der Waals surface area contributed by atoms with Crippen LogP contribution in [-0.4, -0.2) is 59.9 Å². The summed E-state index contributed by atoms with van der Waals surface area (Å²) in [7, 11) is -3.77. The van der Waals surface area contributed by atoms with Crippen LogP contribution in [0.15, 0.2) is 78.2 Å². The van der Waals surface area contributed by atoms with Crippen LogP contribution in [0.3, 0.4) is 0 Å². The highest BCUT2D eigenvalue weighted by Crippen LogP contribution is 2.25. The van der Waals surface area contributed by atoms with Gasteiger partial charge in [0, 0.05) is 52.5 Å². The van der Waals surface area contributed by atoms with E-state index in [4.69, 9.17) is 0 Å². The quantitative estimate of drug-likeness (QED) is 0.422. The van der Waals surface area contributed by atoms with E-state index in [1.807, 2.05) is 22.5 Å². The number of amides is 1. The number of nitrogens with zero attached hydrogens (tertiary/aromatic N) is 5. The molecule has 0 radical (unpaired) electrons. The van der Waals surface area contributed by atoms with E-state index in [9.17, 15) is 17.6 Å². The van der Waals surface area contributed by atoms with Crippen molar-refractivity contribution in [2.75, 3.05) is 35.8 Å². The molecule has 2 aromatic carbocycles. The highest BCUT2D eigenvalue weighted by Gasteiger charge is 2.27. The molecule has 0 aliphatic carbocycles. The van der Waals surface area contributed by atoms with Crippen molar-refractivity contribution in [3.63, 3.8) is 0 Å². The van der Waals surface area contributed by atoms with Crippen LogP contribution in [0.5, 0.6) is 0 Å². The molecule has 1 aliphatic rings. The minimum Gasteiger partial charge on any atom is -0.368 e. The Hall–Kier alpha value is -3.99. The molecule has 1 amide bonds. The van der Waals surface area contributed by atoms with Crippen LogP contribution in [0.4, 0.5) is 15.9 Å². The predicted octanol–water partition coefficient (Wildman–Crippen LogP) is 3.77. The predicted molar refractivity (Wildman–Crippen MR) is 139 cm³/mol. The summed E-state index contributed by atoms with van der Waals surface area (Å²) in [5.41, 5.74) is 1.57. The topological polar surface area (TPSA) is 100 Å². The standard InChI is InChI=1S/C25H25FN6O3S.2H2/c1-18(32-12-10-21-22(26)3-2-4-23(21)32)25(33)31-15-13-30(14-16-31)19-5-7-20(8-6-19)36(34,35)29-24-9-11-27-17-28-24;;/h2-12,17-18H,13-16H2,1H3,(H,27,28,29);2*1H/t18-;;/m1../s1. The van der Waals surface area contributed by atoms with Crippen LogP contribution < -0.4 is 9.62 Å². The Morgan fingerprint density at radius 1 is 1.06 bits per heavy atom. The molecule has 11 heteroatoms. The van der Waals surface area contributed by atoms with Gasteiger partial charge in [-0.3, -0.25) is 9.52 Å². The number of fused-ring (bicyclic) bond motifs is 1. The van der Waals surface area contributed by atoms with Gasteiger partial charge < -0.3 is 14.4 Å². The van der Waals surface area contributed by atoms with Gasteiger partial charge in [0.1, 0.15) is 24.0 Å². The Morgan fingerprint density at radius 3 is 2.50 bits per heavy atom. The van der Waals surface area contributed by atoms with Crippen molar-refractivity contribution >= 4 is 38.3 Å². The molecule has 9 nitrogen and oxygen atoms in total. The molecule has 4 aromatic rings. The molecule has 1 saturated heterocycles. The van der Waals surface area contributed by atoms with Crippen LogP contribution in [0.25, 0.3) is 10.9 Å². The molecule has 0 unspecified atom stereocenters. The Balaban J connectivity index is 0.00000200. The fraction of sp³-hybridized carbons (Fsp3) is 0.240. The number of anilines is 2. The van der Waals surface area contributed by atoms with E-state index in [0.717, 1.165) is 5.69 Å². The molecule has 5 rings (SSSR count). The molecule has 1 atom stereocenters. The van der Waals surface area contributed by atoms with Crippen LogP contribution in [0, 0.1) is 5.82 Å². The lowest BCUT2D eigenvalue weighted by atomic mass is 10.2. The molecule has 0 saturated carbocycles. The Morgan fingerprint density at radius 2 is 1.81 bits per heavy atom. The minimum absolute atomic E-state index is 0. The molecular formula is C25H29FN6O3S. The molecule has 1 aliphatic heterocycles. The maximum absolute atomic E-state index is 14.1. The Bertz CT molecular complexity index is 1490. The van der Waals surface area contributed by atoms with E-state index in [2.05, 4.69) is 19.6 Å². The van der Waals surface area contributed by atoms with Crippen LogP contribution in [-0.2, 0) is 14.8 Å². The summed E-state index contributed by atoms with van der Waals surface area (Å²) < 4.78 is 43.5. The minimum atomic E-state index is -3.77.